The molecule has 0 bridgehead atoms. The van der Waals surface area contributed by atoms with Crippen LogP contribution >= 0.6 is 11.8 Å². The first-order chi connectivity index (χ1) is 7.20. The van der Waals surface area contributed by atoms with Gasteiger partial charge in [0.15, 0.2) is 0 Å². The zero-order valence-electron chi connectivity index (χ0n) is 8.91. The smallest absolute Gasteiger partial charge is 0.303 e. The number of aliphatic carboxylic acids is 1. The van der Waals surface area contributed by atoms with Crippen molar-refractivity contribution in [3.8, 4) is 0 Å². The number of ether oxygens (including phenoxy) is 1. The van der Waals surface area contributed by atoms with Crippen molar-refractivity contribution in [2.24, 2.45) is 5.92 Å². The van der Waals surface area contributed by atoms with Crippen LogP contribution in [0.3, 0.4) is 0 Å². The largest absolute Gasteiger partial charge is 0.481 e. The first-order valence-electron chi connectivity index (χ1n) is 5.64. The molecule has 0 aromatic heterocycles. The molecule has 0 aliphatic carbocycles. The van der Waals surface area contributed by atoms with E-state index in [0.717, 1.165) is 44.6 Å². The third-order valence-corrected chi connectivity index (χ3v) is 5.09. The van der Waals surface area contributed by atoms with Crippen LogP contribution in [-0.2, 0) is 9.53 Å². The molecule has 1 unspecified atom stereocenters. The Hall–Kier alpha value is -0.220. The third-order valence-electron chi connectivity index (χ3n) is 3.46. The second-order valence-electron chi connectivity index (χ2n) is 4.60. The first-order valence-corrected chi connectivity index (χ1v) is 6.62. The van der Waals surface area contributed by atoms with Crippen LogP contribution in [0.4, 0.5) is 0 Å². The van der Waals surface area contributed by atoms with Crippen LogP contribution in [0, 0.1) is 5.92 Å². The van der Waals surface area contributed by atoms with Gasteiger partial charge in [0.05, 0.1) is 0 Å². The maximum absolute atomic E-state index is 10.7. The molecule has 2 aliphatic rings. The lowest BCUT2D eigenvalue weighted by atomic mass is 9.84. The van der Waals surface area contributed by atoms with Crippen molar-refractivity contribution in [2.75, 3.05) is 19.0 Å². The van der Waals surface area contributed by atoms with E-state index in [0.29, 0.717) is 17.1 Å². The molecule has 3 nitrogen and oxygen atoms in total. The summed E-state index contributed by atoms with van der Waals surface area (Å²) >= 11 is 2.04. The standard InChI is InChI=1S/C11H18O3S/c12-10(13)7-9-1-6-15-11(8-9)2-4-14-5-3-11/h9H,1-8H2,(H,12,13). The Morgan fingerprint density at radius 2 is 2.20 bits per heavy atom. The lowest BCUT2D eigenvalue weighted by Crippen LogP contribution is -2.38. The quantitative estimate of drug-likeness (QED) is 0.789. The summed E-state index contributed by atoms with van der Waals surface area (Å²) in [6.45, 7) is 1.71. The van der Waals surface area contributed by atoms with Gasteiger partial charge in [0.2, 0.25) is 0 Å². The minimum atomic E-state index is -0.644. The van der Waals surface area contributed by atoms with Crippen molar-refractivity contribution in [3.05, 3.63) is 0 Å². The zero-order chi connectivity index (χ0) is 10.7. The maximum atomic E-state index is 10.7. The van der Waals surface area contributed by atoms with E-state index in [1.165, 1.54) is 0 Å². The number of carbonyl (C=O) groups is 1. The second-order valence-corrected chi connectivity index (χ2v) is 6.16. The van der Waals surface area contributed by atoms with Crippen LogP contribution < -0.4 is 0 Å². The number of rotatable bonds is 2. The summed E-state index contributed by atoms with van der Waals surface area (Å²) < 4.78 is 5.73. The van der Waals surface area contributed by atoms with Crippen LogP contribution in [0.15, 0.2) is 0 Å². The van der Waals surface area contributed by atoms with Crippen molar-refractivity contribution in [2.45, 2.75) is 36.9 Å². The molecule has 2 saturated heterocycles. The maximum Gasteiger partial charge on any atom is 0.303 e. The summed E-state index contributed by atoms with van der Waals surface area (Å²) in [5.74, 6) is 0.869. The summed E-state index contributed by atoms with van der Waals surface area (Å²) in [6, 6.07) is 0. The minimum absolute atomic E-state index is 0.344. The Morgan fingerprint density at radius 1 is 1.47 bits per heavy atom. The monoisotopic (exact) mass is 230 g/mol. The summed E-state index contributed by atoms with van der Waals surface area (Å²) in [6.07, 6.45) is 4.71. The molecule has 15 heavy (non-hydrogen) atoms. The molecule has 4 heteroatoms. The van der Waals surface area contributed by atoms with Crippen LogP contribution in [0.1, 0.15) is 32.1 Å². The van der Waals surface area contributed by atoms with Gasteiger partial charge >= 0.3 is 5.97 Å². The third kappa shape index (κ3) is 2.88. The number of carboxylic acids is 1. The highest BCUT2D eigenvalue weighted by atomic mass is 32.2. The second kappa shape index (κ2) is 4.74. The highest BCUT2D eigenvalue weighted by Gasteiger charge is 2.38. The van der Waals surface area contributed by atoms with Crippen LogP contribution in [0.2, 0.25) is 0 Å². The molecule has 0 aromatic rings. The molecule has 86 valence electrons. The molecule has 1 atom stereocenters. The fraction of sp³-hybridized carbons (Fsp3) is 0.909. The molecular formula is C11H18O3S. The molecule has 1 spiro atoms. The Bertz CT molecular complexity index is 230. The number of hydrogen-bond acceptors (Lipinski definition) is 3. The molecule has 2 rings (SSSR count). The fourth-order valence-corrected chi connectivity index (χ4v) is 4.34. The lowest BCUT2D eigenvalue weighted by molar-refractivity contribution is -0.138. The minimum Gasteiger partial charge on any atom is -0.481 e. The average Bonchev–Trinajstić information content (AvgIpc) is 2.17. The van der Waals surface area contributed by atoms with Crippen LogP contribution in [0.25, 0.3) is 0 Å². The van der Waals surface area contributed by atoms with E-state index in [1.807, 2.05) is 11.8 Å². The molecule has 2 aliphatic heterocycles. The number of thioether (sulfide) groups is 1. The highest BCUT2D eigenvalue weighted by molar-refractivity contribution is 8.00. The van der Waals surface area contributed by atoms with Gasteiger partial charge in [-0.05, 0) is 37.4 Å². The Labute approximate surface area is 94.6 Å². The van der Waals surface area contributed by atoms with Gasteiger partial charge in [-0.25, -0.2) is 0 Å². The van der Waals surface area contributed by atoms with E-state index in [9.17, 15) is 4.79 Å². The van der Waals surface area contributed by atoms with Crippen molar-refractivity contribution >= 4 is 17.7 Å². The van der Waals surface area contributed by atoms with Gasteiger partial charge in [0.1, 0.15) is 0 Å². The molecule has 2 heterocycles. The SMILES string of the molecule is O=C(O)CC1CCSC2(CCOCC2)C1. The summed E-state index contributed by atoms with van der Waals surface area (Å²) in [5, 5.41) is 8.82. The molecule has 0 saturated carbocycles. The van der Waals surface area contributed by atoms with E-state index in [1.54, 1.807) is 0 Å². The van der Waals surface area contributed by atoms with E-state index < -0.39 is 5.97 Å². The first kappa shape index (κ1) is 11.3. The predicted molar refractivity (Wildman–Crippen MR) is 60.2 cm³/mol. The van der Waals surface area contributed by atoms with E-state index in [2.05, 4.69) is 0 Å². The highest BCUT2D eigenvalue weighted by Crippen LogP contribution is 2.46. The molecule has 0 aromatic carbocycles. The van der Waals surface area contributed by atoms with Gasteiger partial charge in [-0.1, -0.05) is 0 Å². The van der Waals surface area contributed by atoms with Gasteiger partial charge in [0, 0.05) is 24.4 Å². The van der Waals surface area contributed by atoms with Crippen molar-refractivity contribution < 1.29 is 14.6 Å². The number of hydrogen-bond donors (Lipinski definition) is 1. The number of carboxylic acid groups (broad SMARTS) is 1. The summed E-state index contributed by atoms with van der Waals surface area (Å²) in [4.78, 5) is 10.7. The topological polar surface area (TPSA) is 46.5 Å². The van der Waals surface area contributed by atoms with Crippen LogP contribution in [-0.4, -0.2) is 34.8 Å². The normalized spacial score (nSPS) is 30.3. The van der Waals surface area contributed by atoms with E-state index >= 15 is 0 Å². The Kier molecular flexibility index (Phi) is 3.57. The molecule has 0 amide bonds. The Morgan fingerprint density at radius 3 is 2.87 bits per heavy atom. The van der Waals surface area contributed by atoms with Gasteiger partial charge < -0.3 is 9.84 Å². The zero-order valence-corrected chi connectivity index (χ0v) is 9.72. The van der Waals surface area contributed by atoms with E-state index in [-0.39, 0.29) is 0 Å². The summed E-state index contributed by atoms with van der Waals surface area (Å²) in [7, 11) is 0. The van der Waals surface area contributed by atoms with Gasteiger partial charge in [-0.2, -0.15) is 11.8 Å². The van der Waals surface area contributed by atoms with Gasteiger partial charge in [-0.3, -0.25) is 4.79 Å². The molecule has 0 radical (unpaired) electrons. The predicted octanol–water partition coefficient (Wildman–Crippen LogP) is 2.15. The lowest BCUT2D eigenvalue weighted by Gasteiger charge is -2.42. The molecule has 2 fully saturated rings. The van der Waals surface area contributed by atoms with Crippen LogP contribution in [0.5, 0.6) is 0 Å². The Balaban J connectivity index is 1.93. The fourth-order valence-electron chi connectivity index (χ4n) is 2.64. The average molecular weight is 230 g/mol. The molecule has 1 N–H and O–H groups in total. The van der Waals surface area contributed by atoms with Gasteiger partial charge in [-0.15, -0.1) is 0 Å². The van der Waals surface area contributed by atoms with Crippen molar-refractivity contribution in [3.63, 3.8) is 0 Å². The van der Waals surface area contributed by atoms with E-state index in [4.69, 9.17) is 9.84 Å². The summed E-state index contributed by atoms with van der Waals surface area (Å²) in [5.41, 5.74) is 0. The van der Waals surface area contributed by atoms with Gasteiger partial charge in [0.25, 0.3) is 0 Å². The van der Waals surface area contributed by atoms with Crippen molar-refractivity contribution in [1.29, 1.82) is 0 Å². The molecular weight excluding hydrogens is 212 g/mol. The van der Waals surface area contributed by atoms with Crippen molar-refractivity contribution in [1.82, 2.24) is 0 Å².